The molecule has 0 radical (unpaired) electrons. The summed E-state index contributed by atoms with van der Waals surface area (Å²) in [6, 6.07) is 12.9. The third kappa shape index (κ3) is 8.07. The third-order valence-electron chi connectivity index (χ3n) is 5.04. The predicted octanol–water partition coefficient (Wildman–Crippen LogP) is 6.10. The van der Waals surface area contributed by atoms with Gasteiger partial charge in [-0.05, 0) is 73.2 Å². The van der Waals surface area contributed by atoms with Crippen LogP contribution in [0.2, 0.25) is 0 Å². The van der Waals surface area contributed by atoms with E-state index in [1.165, 1.54) is 47.1 Å². The van der Waals surface area contributed by atoms with Crippen molar-refractivity contribution in [2.24, 2.45) is 0 Å². The van der Waals surface area contributed by atoms with Crippen LogP contribution in [0.4, 0.5) is 4.79 Å². The first-order chi connectivity index (χ1) is 14.5. The Morgan fingerprint density at radius 1 is 0.933 bits per heavy atom. The fourth-order valence-corrected chi connectivity index (χ4v) is 3.45. The van der Waals surface area contributed by atoms with Crippen LogP contribution in [0.5, 0.6) is 5.75 Å². The average molecular weight is 414 g/mol. The van der Waals surface area contributed by atoms with E-state index in [4.69, 9.17) is 9.84 Å². The number of carboxylic acid groups (broad SMARTS) is 1. The van der Waals surface area contributed by atoms with Crippen molar-refractivity contribution >= 4 is 6.16 Å². The zero-order chi connectivity index (χ0) is 21.8. The van der Waals surface area contributed by atoms with Gasteiger partial charge in [-0.1, -0.05) is 50.5 Å². The number of nitrogens with one attached hydrogen (secondary N) is 1. The SMILES string of the molecule is CCCCCCOc1c(C)cc(-c2ccc(CNCCCOC(=O)O)cc2)cc1C. The first-order valence-electron chi connectivity index (χ1n) is 10.9. The topological polar surface area (TPSA) is 67.8 Å². The molecule has 164 valence electrons. The summed E-state index contributed by atoms with van der Waals surface area (Å²) in [5.74, 6) is 1.02. The third-order valence-corrected chi connectivity index (χ3v) is 5.04. The molecule has 2 aromatic carbocycles. The van der Waals surface area contributed by atoms with Crippen molar-refractivity contribution in [2.75, 3.05) is 19.8 Å². The molecule has 0 amide bonds. The molecule has 0 aliphatic rings. The molecule has 5 nitrogen and oxygen atoms in total. The lowest BCUT2D eigenvalue weighted by molar-refractivity contribution is 0.0906. The fourth-order valence-electron chi connectivity index (χ4n) is 3.45. The molecule has 0 fully saturated rings. The molecule has 0 aromatic heterocycles. The Hall–Kier alpha value is -2.53. The highest BCUT2D eigenvalue weighted by molar-refractivity contribution is 5.67. The Labute approximate surface area is 180 Å². The van der Waals surface area contributed by atoms with Crippen LogP contribution in [0, 0.1) is 13.8 Å². The summed E-state index contributed by atoms with van der Waals surface area (Å²) < 4.78 is 10.6. The minimum atomic E-state index is -1.22. The largest absolute Gasteiger partial charge is 0.505 e. The van der Waals surface area contributed by atoms with Gasteiger partial charge in [-0.3, -0.25) is 0 Å². The van der Waals surface area contributed by atoms with Crippen LogP contribution in [-0.4, -0.2) is 31.0 Å². The Morgan fingerprint density at radius 2 is 1.63 bits per heavy atom. The molecular formula is C25H35NO4. The predicted molar refractivity (Wildman–Crippen MR) is 121 cm³/mol. The molecule has 0 atom stereocenters. The summed E-state index contributed by atoms with van der Waals surface area (Å²) in [5, 5.41) is 11.7. The monoisotopic (exact) mass is 413 g/mol. The van der Waals surface area contributed by atoms with Gasteiger partial charge in [0.25, 0.3) is 0 Å². The van der Waals surface area contributed by atoms with Crippen molar-refractivity contribution < 1.29 is 19.4 Å². The molecule has 0 unspecified atom stereocenters. The lowest BCUT2D eigenvalue weighted by atomic mass is 9.99. The minimum Gasteiger partial charge on any atom is -0.493 e. The highest BCUT2D eigenvalue weighted by atomic mass is 16.7. The Morgan fingerprint density at radius 3 is 2.27 bits per heavy atom. The average Bonchev–Trinajstić information content (AvgIpc) is 2.72. The number of rotatable bonds is 13. The van der Waals surface area contributed by atoms with Gasteiger partial charge in [-0.25, -0.2) is 4.79 Å². The lowest BCUT2D eigenvalue weighted by Gasteiger charge is -2.14. The van der Waals surface area contributed by atoms with E-state index in [0.29, 0.717) is 13.0 Å². The molecule has 0 saturated heterocycles. The second-order valence-corrected chi connectivity index (χ2v) is 7.69. The quantitative estimate of drug-likeness (QED) is 0.307. The molecule has 0 aliphatic heterocycles. The number of hydrogen-bond donors (Lipinski definition) is 2. The maximum atomic E-state index is 10.3. The van der Waals surface area contributed by atoms with E-state index in [1.54, 1.807) is 0 Å². The van der Waals surface area contributed by atoms with Crippen LogP contribution in [0.1, 0.15) is 55.7 Å². The maximum Gasteiger partial charge on any atom is 0.505 e. The second-order valence-electron chi connectivity index (χ2n) is 7.69. The Kier molecular flexibility index (Phi) is 10.2. The van der Waals surface area contributed by atoms with Gasteiger partial charge in [-0.15, -0.1) is 0 Å². The van der Waals surface area contributed by atoms with Gasteiger partial charge in [0.05, 0.1) is 13.2 Å². The van der Waals surface area contributed by atoms with Crippen LogP contribution in [-0.2, 0) is 11.3 Å². The van der Waals surface area contributed by atoms with E-state index in [-0.39, 0.29) is 6.61 Å². The van der Waals surface area contributed by atoms with Gasteiger partial charge in [0.15, 0.2) is 0 Å². The summed E-state index contributed by atoms with van der Waals surface area (Å²) in [6.07, 6.45) is 4.28. The first kappa shape index (κ1) is 23.7. The molecule has 2 N–H and O–H groups in total. The zero-order valence-corrected chi connectivity index (χ0v) is 18.5. The normalized spacial score (nSPS) is 10.8. The van der Waals surface area contributed by atoms with Crippen molar-refractivity contribution in [2.45, 2.75) is 59.4 Å². The van der Waals surface area contributed by atoms with Gasteiger partial charge in [0.2, 0.25) is 0 Å². The molecule has 0 aliphatic carbocycles. The number of aryl methyl sites for hydroxylation is 2. The Balaban J connectivity index is 1.87. The number of unbranched alkanes of at least 4 members (excludes halogenated alkanes) is 3. The number of benzene rings is 2. The highest BCUT2D eigenvalue weighted by Crippen LogP contribution is 2.30. The van der Waals surface area contributed by atoms with Crippen molar-refractivity contribution in [3.63, 3.8) is 0 Å². The molecule has 0 saturated carbocycles. The molecule has 0 spiro atoms. The van der Waals surface area contributed by atoms with Gasteiger partial charge >= 0.3 is 6.16 Å². The summed E-state index contributed by atoms with van der Waals surface area (Å²) in [5.41, 5.74) is 5.94. The zero-order valence-electron chi connectivity index (χ0n) is 18.5. The highest BCUT2D eigenvalue weighted by Gasteiger charge is 2.08. The van der Waals surface area contributed by atoms with Crippen LogP contribution in [0.25, 0.3) is 11.1 Å². The molecule has 0 heterocycles. The molecule has 30 heavy (non-hydrogen) atoms. The van der Waals surface area contributed by atoms with E-state index < -0.39 is 6.16 Å². The molecular weight excluding hydrogens is 378 g/mol. The lowest BCUT2D eigenvalue weighted by Crippen LogP contribution is -2.17. The summed E-state index contributed by atoms with van der Waals surface area (Å²) in [7, 11) is 0. The molecule has 5 heteroatoms. The maximum absolute atomic E-state index is 10.3. The number of carbonyl (C=O) groups is 1. The van der Waals surface area contributed by atoms with Crippen LogP contribution < -0.4 is 10.1 Å². The van der Waals surface area contributed by atoms with Crippen molar-refractivity contribution in [3.05, 3.63) is 53.1 Å². The number of ether oxygens (including phenoxy) is 2. The van der Waals surface area contributed by atoms with E-state index in [2.05, 4.69) is 67.2 Å². The fraction of sp³-hybridized carbons (Fsp3) is 0.480. The van der Waals surface area contributed by atoms with E-state index >= 15 is 0 Å². The molecule has 2 rings (SSSR count). The van der Waals surface area contributed by atoms with Crippen LogP contribution in [0.3, 0.4) is 0 Å². The summed E-state index contributed by atoms with van der Waals surface area (Å²) >= 11 is 0. The molecule has 0 bridgehead atoms. The van der Waals surface area contributed by atoms with E-state index in [0.717, 1.165) is 25.3 Å². The van der Waals surface area contributed by atoms with Crippen molar-refractivity contribution in [3.8, 4) is 16.9 Å². The van der Waals surface area contributed by atoms with Gasteiger partial charge in [-0.2, -0.15) is 0 Å². The van der Waals surface area contributed by atoms with Gasteiger partial charge < -0.3 is 19.9 Å². The van der Waals surface area contributed by atoms with Crippen LogP contribution in [0.15, 0.2) is 36.4 Å². The standard InChI is InChI=1S/C25H35NO4/c1-4-5-6-7-14-29-24-19(2)16-23(17-20(24)3)22-11-9-21(10-12-22)18-26-13-8-15-30-25(27)28/h9-12,16-17,26H,4-8,13-15,18H2,1-3H3,(H,27,28). The summed E-state index contributed by atoms with van der Waals surface area (Å²) in [4.78, 5) is 10.3. The Bertz CT molecular complexity index is 763. The first-order valence-corrected chi connectivity index (χ1v) is 10.9. The second kappa shape index (κ2) is 12.9. The van der Waals surface area contributed by atoms with E-state index in [9.17, 15) is 4.79 Å². The van der Waals surface area contributed by atoms with Crippen LogP contribution >= 0.6 is 0 Å². The smallest absolute Gasteiger partial charge is 0.493 e. The van der Waals surface area contributed by atoms with Crippen molar-refractivity contribution in [1.82, 2.24) is 5.32 Å². The van der Waals surface area contributed by atoms with E-state index in [1.807, 2.05) is 0 Å². The van der Waals surface area contributed by atoms with Crippen molar-refractivity contribution in [1.29, 1.82) is 0 Å². The summed E-state index contributed by atoms with van der Waals surface area (Å²) in [6.45, 7) is 8.92. The number of hydrogen-bond acceptors (Lipinski definition) is 4. The minimum absolute atomic E-state index is 0.221. The van der Waals surface area contributed by atoms with Gasteiger partial charge in [0.1, 0.15) is 5.75 Å². The van der Waals surface area contributed by atoms with Gasteiger partial charge in [0, 0.05) is 6.54 Å². The molecule has 2 aromatic rings.